The zero-order chi connectivity index (χ0) is 13.7. The van der Waals surface area contributed by atoms with Crippen LogP contribution in [0, 0.1) is 0 Å². The molecule has 0 unspecified atom stereocenters. The van der Waals surface area contributed by atoms with Crippen LogP contribution in [0.5, 0.6) is 11.5 Å². The Labute approximate surface area is 122 Å². The first-order valence-corrected chi connectivity index (χ1v) is 7.27. The molecule has 0 bridgehead atoms. The maximum atomic E-state index is 5.85. The summed E-state index contributed by atoms with van der Waals surface area (Å²) < 4.78 is 6.78. The van der Waals surface area contributed by atoms with E-state index < -0.39 is 0 Å². The van der Waals surface area contributed by atoms with E-state index in [1.807, 2.05) is 30.3 Å². The van der Waals surface area contributed by atoms with Gasteiger partial charge in [-0.15, -0.1) is 0 Å². The molecule has 0 radical (unpaired) electrons. The summed E-state index contributed by atoms with van der Waals surface area (Å²) in [6.45, 7) is 2.71. The highest BCUT2D eigenvalue weighted by Gasteiger charge is 2.04. The van der Waals surface area contributed by atoms with Crippen molar-refractivity contribution in [3.63, 3.8) is 0 Å². The van der Waals surface area contributed by atoms with E-state index in [1.54, 1.807) is 0 Å². The topological polar surface area (TPSA) is 35.2 Å². The highest BCUT2D eigenvalue weighted by Crippen LogP contribution is 2.30. The second kappa shape index (κ2) is 6.73. The Morgan fingerprint density at radius 1 is 1.05 bits per heavy atom. The van der Waals surface area contributed by atoms with Gasteiger partial charge < -0.3 is 10.5 Å². The number of halogens is 1. The lowest BCUT2D eigenvalue weighted by Crippen LogP contribution is -1.96. The number of nitrogens with two attached hydrogens (primary N) is 1. The van der Waals surface area contributed by atoms with Crippen molar-refractivity contribution in [2.75, 3.05) is 0 Å². The number of rotatable bonds is 5. The molecule has 0 aromatic heterocycles. The van der Waals surface area contributed by atoms with E-state index in [1.165, 1.54) is 5.56 Å². The second-order valence-electron chi connectivity index (χ2n) is 4.46. The average molecular weight is 320 g/mol. The van der Waals surface area contributed by atoms with Gasteiger partial charge >= 0.3 is 0 Å². The Hall–Kier alpha value is -1.32. The van der Waals surface area contributed by atoms with E-state index in [2.05, 4.69) is 35.0 Å². The highest BCUT2D eigenvalue weighted by atomic mass is 79.9. The molecule has 0 aliphatic heterocycles. The number of aryl methyl sites for hydroxylation is 1. The van der Waals surface area contributed by atoms with Gasteiger partial charge in [-0.1, -0.05) is 31.5 Å². The van der Waals surface area contributed by atoms with Crippen LogP contribution in [0.4, 0.5) is 0 Å². The SMILES string of the molecule is CCCc1ccc(Oc2ccc(CN)cc2Br)cc1. The van der Waals surface area contributed by atoms with E-state index in [9.17, 15) is 0 Å². The van der Waals surface area contributed by atoms with Gasteiger partial charge in [0.1, 0.15) is 11.5 Å². The monoisotopic (exact) mass is 319 g/mol. The second-order valence-corrected chi connectivity index (χ2v) is 5.32. The highest BCUT2D eigenvalue weighted by molar-refractivity contribution is 9.10. The Bertz CT molecular complexity index is 537. The fraction of sp³-hybridized carbons (Fsp3) is 0.250. The molecule has 0 saturated heterocycles. The number of hydrogen-bond acceptors (Lipinski definition) is 2. The van der Waals surface area contributed by atoms with Crippen LogP contribution in [0.3, 0.4) is 0 Å². The van der Waals surface area contributed by atoms with Crippen LogP contribution in [0.25, 0.3) is 0 Å². The van der Waals surface area contributed by atoms with Crippen molar-refractivity contribution >= 4 is 15.9 Å². The lowest BCUT2D eigenvalue weighted by molar-refractivity contribution is 0.479. The maximum absolute atomic E-state index is 5.85. The quantitative estimate of drug-likeness (QED) is 0.870. The predicted molar refractivity (Wildman–Crippen MR) is 82.5 cm³/mol. The van der Waals surface area contributed by atoms with Crippen molar-refractivity contribution in [3.8, 4) is 11.5 Å². The molecule has 0 atom stereocenters. The first kappa shape index (κ1) is 14.1. The molecule has 0 aliphatic carbocycles. The van der Waals surface area contributed by atoms with E-state index in [-0.39, 0.29) is 0 Å². The standard InChI is InChI=1S/C16H18BrNO/c1-2-3-12-4-7-14(8-5-12)19-16-9-6-13(11-18)10-15(16)17/h4-10H,2-3,11,18H2,1H3. The van der Waals surface area contributed by atoms with Crippen molar-refractivity contribution in [1.82, 2.24) is 0 Å². The van der Waals surface area contributed by atoms with Crippen LogP contribution in [0.2, 0.25) is 0 Å². The van der Waals surface area contributed by atoms with Crippen LogP contribution in [-0.4, -0.2) is 0 Å². The summed E-state index contributed by atoms with van der Waals surface area (Å²) in [6, 6.07) is 14.1. The molecule has 0 fully saturated rings. The molecule has 0 spiro atoms. The van der Waals surface area contributed by atoms with Crippen molar-refractivity contribution in [2.45, 2.75) is 26.3 Å². The van der Waals surface area contributed by atoms with Crippen LogP contribution in [0.15, 0.2) is 46.9 Å². The largest absolute Gasteiger partial charge is 0.456 e. The minimum atomic E-state index is 0.532. The summed E-state index contributed by atoms with van der Waals surface area (Å²) in [5.41, 5.74) is 8.03. The van der Waals surface area contributed by atoms with Crippen LogP contribution in [-0.2, 0) is 13.0 Å². The summed E-state index contributed by atoms with van der Waals surface area (Å²) in [6.07, 6.45) is 2.27. The molecular weight excluding hydrogens is 302 g/mol. The van der Waals surface area contributed by atoms with Crippen molar-refractivity contribution < 1.29 is 4.74 Å². The Morgan fingerprint density at radius 2 is 1.74 bits per heavy atom. The van der Waals surface area contributed by atoms with Crippen molar-refractivity contribution in [2.24, 2.45) is 5.73 Å². The van der Waals surface area contributed by atoms with Gasteiger partial charge in [0.25, 0.3) is 0 Å². The zero-order valence-corrected chi connectivity index (χ0v) is 12.6. The normalized spacial score (nSPS) is 10.5. The fourth-order valence-corrected chi connectivity index (χ4v) is 2.40. The van der Waals surface area contributed by atoms with E-state index in [4.69, 9.17) is 10.5 Å². The predicted octanol–water partition coefficient (Wildman–Crippen LogP) is 4.65. The van der Waals surface area contributed by atoms with Gasteiger partial charge in [0.05, 0.1) is 4.47 Å². The number of hydrogen-bond donors (Lipinski definition) is 1. The summed E-state index contributed by atoms with van der Waals surface area (Å²) in [5, 5.41) is 0. The third kappa shape index (κ3) is 3.82. The minimum absolute atomic E-state index is 0.532. The number of benzene rings is 2. The molecule has 0 amide bonds. The third-order valence-electron chi connectivity index (χ3n) is 2.92. The third-order valence-corrected chi connectivity index (χ3v) is 3.54. The lowest BCUT2D eigenvalue weighted by atomic mass is 10.1. The molecule has 100 valence electrons. The summed E-state index contributed by atoms with van der Waals surface area (Å²) >= 11 is 3.50. The molecule has 2 aromatic carbocycles. The molecular formula is C16H18BrNO. The summed E-state index contributed by atoms with van der Waals surface area (Å²) in [7, 11) is 0. The smallest absolute Gasteiger partial charge is 0.141 e. The first-order chi connectivity index (χ1) is 9.22. The Balaban J connectivity index is 2.12. The molecule has 2 N–H and O–H groups in total. The Morgan fingerprint density at radius 3 is 2.32 bits per heavy atom. The molecule has 2 aromatic rings. The molecule has 19 heavy (non-hydrogen) atoms. The van der Waals surface area contributed by atoms with E-state index >= 15 is 0 Å². The maximum Gasteiger partial charge on any atom is 0.141 e. The Kier molecular flexibility index (Phi) is 5.00. The minimum Gasteiger partial charge on any atom is -0.456 e. The van der Waals surface area contributed by atoms with Crippen molar-refractivity contribution in [3.05, 3.63) is 58.1 Å². The molecule has 0 aliphatic rings. The van der Waals surface area contributed by atoms with Crippen LogP contribution >= 0.6 is 15.9 Å². The lowest BCUT2D eigenvalue weighted by Gasteiger charge is -2.09. The van der Waals surface area contributed by atoms with Gasteiger partial charge in [-0.25, -0.2) is 0 Å². The summed E-state index contributed by atoms with van der Waals surface area (Å²) in [4.78, 5) is 0. The van der Waals surface area contributed by atoms with Gasteiger partial charge in [0.15, 0.2) is 0 Å². The first-order valence-electron chi connectivity index (χ1n) is 6.48. The molecule has 3 heteroatoms. The molecule has 0 saturated carbocycles. The molecule has 0 heterocycles. The van der Waals surface area contributed by atoms with Crippen LogP contribution < -0.4 is 10.5 Å². The zero-order valence-electron chi connectivity index (χ0n) is 11.0. The number of ether oxygens (including phenoxy) is 1. The van der Waals surface area contributed by atoms with Gasteiger partial charge in [-0.2, -0.15) is 0 Å². The van der Waals surface area contributed by atoms with Gasteiger partial charge in [-0.3, -0.25) is 0 Å². The van der Waals surface area contributed by atoms with E-state index in [0.29, 0.717) is 6.54 Å². The van der Waals surface area contributed by atoms with Gasteiger partial charge in [-0.05, 0) is 57.7 Å². The van der Waals surface area contributed by atoms with Gasteiger partial charge in [0.2, 0.25) is 0 Å². The van der Waals surface area contributed by atoms with Gasteiger partial charge in [0, 0.05) is 6.54 Å². The fourth-order valence-electron chi connectivity index (χ4n) is 1.89. The molecule has 2 nitrogen and oxygen atoms in total. The molecule has 2 rings (SSSR count). The average Bonchev–Trinajstić information content (AvgIpc) is 2.43. The van der Waals surface area contributed by atoms with Crippen LogP contribution in [0.1, 0.15) is 24.5 Å². The van der Waals surface area contributed by atoms with E-state index in [0.717, 1.165) is 34.4 Å². The summed E-state index contributed by atoms with van der Waals surface area (Å²) in [5.74, 6) is 1.65. The van der Waals surface area contributed by atoms with Crippen molar-refractivity contribution in [1.29, 1.82) is 0 Å².